The van der Waals surface area contributed by atoms with Crippen molar-refractivity contribution in [2.45, 2.75) is 11.1 Å². The number of hydrogen-bond donors (Lipinski definition) is 0. The van der Waals surface area contributed by atoms with E-state index in [9.17, 15) is 13.2 Å². The first-order valence-electron chi connectivity index (χ1n) is 4.35. The number of Topliss-reactive ketones (excluding diaryl/α,β-unsaturated/α-hetero) is 1. The largest absolute Gasteiger partial charge is 0.291 e. The summed E-state index contributed by atoms with van der Waals surface area (Å²) in [6.45, 7) is 1.19. The van der Waals surface area contributed by atoms with Crippen LogP contribution in [0.5, 0.6) is 0 Å². The zero-order valence-electron chi connectivity index (χ0n) is 8.70. The van der Waals surface area contributed by atoms with E-state index in [-0.39, 0.29) is 5.56 Å². The summed E-state index contributed by atoms with van der Waals surface area (Å²) in [5.41, 5.74) is 0.270. The van der Waals surface area contributed by atoms with Crippen LogP contribution in [0.2, 0.25) is 0 Å². The number of halogens is 2. The van der Waals surface area contributed by atoms with Crippen LogP contribution in [0.25, 0.3) is 0 Å². The molecule has 0 saturated heterocycles. The molecule has 0 aromatic heterocycles. The van der Waals surface area contributed by atoms with Crippen LogP contribution in [0.3, 0.4) is 0 Å². The molecule has 0 aliphatic heterocycles. The minimum Gasteiger partial charge on any atom is -0.291 e. The lowest BCUT2D eigenvalue weighted by atomic mass is 10.1. The fraction of sp³-hybridized carbons (Fsp3) is 0.300. The lowest BCUT2D eigenvalue weighted by molar-refractivity contribution is 0.0978. The van der Waals surface area contributed by atoms with E-state index in [0.717, 1.165) is 10.7 Å². The minimum absolute atomic E-state index is 0.270. The van der Waals surface area contributed by atoms with Gasteiger partial charge in [0.05, 0.1) is 0 Å². The molecule has 1 aromatic rings. The first kappa shape index (κ1) is 13.7. The maximum absolute atomic E-state index is 11.9. The fourth-order valence-electron chi connectivity index (χ4n) is 1.03. The van der Waals surface area contributed by atoms with Crippen LogP contribution in [-0.4, -0.2) is 24.7 Å². The van der Waals surface area contributed by atoms with E-state index >= 15 is 0 Å². The SMILES string of the molecule is C[C@](Cl)(C(=O)c1ccc(Br)cc1)S(C)(=O)=O. The molecule has 1 aromatic carbocycles. The molecule has 0 aliphatic carbocycles. The van der Waals surface area contributed by atoms with Crippen molar-refractivity contribution in [2.75, 3.05) is 6.26 Å². The summed E-state index contributed by atoms with van der Waals surface area (Å²) in [4.78, 5) is 11.9. The number of sulfone groups is 1. The first-order valence-corrected chi connectivity index (χ1v) is 7.41. The summed E-state index contributed by atoms with van der Waals surface area (Å²) in [6, 6.07) is 6.36. The Morgan fingerprint density at radius 2 is 1.75 bits per heavy atom. The summed E-state index contributed by atoms with van der Waals surface area (Å²) >= 11 is 9.01. The highest BCUT2D eigenvalue weighted by atomic mass is 79.9. The first-order chi connectivity index (χ1) is 7.16. The van der Waals surface area contributed by atoms with Gasteiger partial charge in [0.25, 0.3) is 0 Å². The van der Waals surface area contributed by atoms with Crippen LogP contribution in [-0.2, 0) is 9.84 Å². The maximum Gasteiger partial charge on any atom is 0.204 e. The molecule has 0 saturated carbocycles. The van der Waals surface area contributed by atoms with Crippen LogP contribution >= 0.6 is 27.5 Å². The topological polar surface area (TPSA) is 51.2 Å². The third-order valence-electron chi connectivity index (χ3n) is 2.21. The third kappa shape index (κ3) is 2.64. The average Bonchev–Trinajstić information content (AvgIpc) is 2.16. The summed E-state index contributed by atoms with van der Waals surface area (Å²) in [5.74, 6) is -0.621. The van der Waals surface area contributed by atoms with Gasteiger partial charge in [-0.3, -0.25) is 4.79 Å². The van der Waals surface area contributed by atoms with Crippen LogP contribution < -0.4 is 0 Å². The molecule has 0 N–H and O–H groups in total. The number of carbonyl (C=O) groups excluding carboxylic acids is 1. The summed E-state index contributed by atoms with van der Waals surface area (Å²) in [6.07, 6.45) is 0.941. The van der Waals surface area contributed by atoms with Crippen molar-refractivity contribution in [3.05, 3.63) is 34.3 Å². The Balaban J connectivity index is 3.18. The molecule has 0 fully saturated rings. The number of rotatable bonds is 3. The molecular formula is C10H10BrClO3S. The van der Waals surface area contributed by atoms with Crippen molar-refractivity contribution in [1.82, 2.24) is 0 Å². The second-order valence-electron chi connectivity index (χ2n) is 3.52. The van der Waals surface area contributed by atoms with Gasteiger partial charge < -0.3 is 0 Å². The van der Waals surface area contributed by atoms with Crippen LogP contribution in [0.1, 0.15) is 17.3 Å². The van der Waals surface area contributed by atoms with E-state index < -0.39 is 19.8 Å². The van der Waals surface area contributed by atoms with Gasteiger partial charge >= 0.3 is 0 Å². The minimum atomic E-state index is -3.66. The van der Waals surface area contributed by atoms with Crippen molar-refractivity contribution in [1.29, 1.82) is 0 Å². The molecule has 0 heterocycles. The molecule has 0 amide bonds. The molecule has 0 unspecified atom stereocenters. The molecule has 3 nitrogen and oxygen atoms in total. The standard InChI is InChI=1S/C10H10BrClO3S/c1-10(12,16(2,14)15)9(13)7-3-5-8(11)6-4-7/h3-6H,1-2H3/t10-/m1/s1. The number of carbonyl (C=O) groups is 1. The van der Waals surface area contributed by atoms with Crippen molar-refractivity contribution < 1.29 is 13.2 Å². The van der Waals surface area contributed by atoms with Crippen molar-refractivity contribution in [2.24, 2.45) is 0 Å². The van der Waals surface area contributed by atoms with Crippen molar-refractivity contribution >= 4 is 43.2 Å². The Morgan fingerprint density at radius 1 is 1.31 bits per heavy atom. The molecule has 16 heavy (non-hydrogen) atoms. The second-order valence-corrected chi connectivity index (χ2v) is 7.78. The molecule has 88 valence electrons. The average molecular weight is 326 g/mol. The van der Waals surface area contributed by atoms with E-state index in [1.165, 1.54) is 19.1 Å². The molecule has 0 radical (unpaired) electrons. The van der Waals surface area contributed by atoms with Crippen LogP contribution in [0.15, 0.2) is 28.7 Å². The monoisotopic (exact) mass is 324 g/mol. The van der Waals surface area contributed by atoms with E-state index in [1.54, 1.807) is 12.1 Å². The molecular weight excluding hydrogens is 316 g/mol. The van der Waals surface area contributed by atoms with Gasteiger partial charge in [-0.25, -0.2) is 8.42 Å². The Morgan fingerprint density at radius 3 is 2.12 bits per heavy atom. The quantitative estimate of drug-likeness (QED) is 0.634. The second kappa shape index (κ2) is 4.47. The van der Waals surface area contributed by atoms with Gasteiger partial charge in [-0.15, -0.1) is 0 Å². The highest BCUT2D eigenvalue weighted by molar-refractivity contribution is 9.10. The Kier molecular flexibility index (Phi) is 3.82. The molecule has 6 heteroatoms. The zero-order chi connectivity index (χ0) is 12.6. The lowest BCUT2D eigenvalue weighted by Gasteiger charge is -2.18. The number of alkyl halides is 1. The van der Waals surface area contributed by atoms with Crippen molar-refractivity contribution in [3.63, 3.8) is 0 Å². The molecule has 1 rings (SSSR count). The Labute approximate surface area is 108 Å². The predicted molar refractivity (Wildman–Crippen MR) is 67.6 cm³/mol. The molecule has 1 atom stereocenters. The van der Waals surface area contributed by atoms with E-state index in [4.69, 9.17) is 11.6 Å². The smallest absolute Gasteiger partial charge is 0.204 e. The molecule has 0 spiro atoms. The highest BCUT2D eigenvalue weighted by Gasteiger charge is 2.41. The number of hydrogen-bond acceptors (Lipinski definition) is 3. The zero-order valence-corrected chi connectivity index (χ0v) is 11.9. The van der Waals surface area contributed by atoms with Gasteiger partial charge in [-0.1, -0.05) is 39.7 Å². The molecule has 0 bridgehead atoms. The summed E-state index contributed by atoms with van der Waals surface area (Å²) in [5, 5.41) is 0. The maximum atomic E-state index is 11.9. The fourth-order valence-corrected chi connectivity index (χ4v) is 1.86. The summed E-state index contributed by atoms with van der Waals surface area (Å²) < 4.78 is 21.6. The van der Waals surface area contributed by atoms with Crippen molar-refractivity contribution in [3.8, 4) is 0 Å². The number of benzene rings is 1. The Hall–Kier alpha value is -0.390. The Bertz CT molecular complexity index is 505. The molecule has 0 aliphatic rings. The lowest BCUT2D eigenvalue weighted by Crippen LogP contribution is -2.37. The third-order valence-corrected chi connectivity index (χ3v) is 5.33. The highest BCUT2D eigenvalue weighted by Crippen LogP contribution is 2.27. The van der Waals surface area contributed by atoms with Crippen LogP contribution in [0, 0.1) is 0 Å². The van der Waals surface area contributed by atoms with Gasteiger partial charge in [0.1, 0.15) is 0 Å². The van der Waals surface area contributed by atoms with E-state index in [1.807, 2.05) is 0 Å². The van der Waals surface area contributed by atoms with Gasteiger partial charge in [-0.05, 0) is 19.1 Å². The van der Waals surface area contributed by atoms with Gasteiger partial charge in [0, 0.05) is 16.3 Å². The van der Waals surface area contributed by atoms with Crippen LogP contribution in [0.4, 0.5) is 0 Å². The van der Waals surface area contributed by atoms with Gasteiger partial charge in [-0.2, -0.15) is 0 Å². The number of ketones is 1. The van der Waals surface area contributed by atoms with Gasteiger partial charge in [0.2, 0.25) is 4.21 Å². The van der Waals surface area contributed by atoms with E-state index in [2.05, 4.69) is 15.9 Å². The predicted octanol–water partition coefficient (Wildman–Crippen LogP) is 2.63. The van der Waals surface area contributed by atoms with E-state index in [0.29, 0.717) is 0 Å². The summed E-state index contributed by atoms with van der Waals surface area (Å²) in [7, 11) is -3.66. The van der Waals surface area contributed by atoms with Gasteiger partial charge in [0.15, 0.2) is 15.6 Å². The normalized spacial score (nSPS) is 15.5.